The highest BCUT2D eigenvalue weighted by molar-refractivity contribution is 7.90. The maximum Gasteiger partial charge on any atom is 0.460 e. The Morgan fingerprint density at radius 3 is 1.44 bits per heavy atom. The summed E-state index contributed by atoms with van der Waals surface area (Å²) in [6.07, 6.45) is -8.41. The Labute approximate surface area is 196 Å². The molecular weight excluding hydrogens is 587 g/mol. The summed E-state index contributed by atoms with van der Waals surface area (Å²) in [5, 5.41) is -7.32. The van der Waals surface area contributed by atoms with Gasteiger partial charge in [-0.1, -0.05) is 0 Å². The highest BCUT2D eigenvalue weighted by atomic mass is 32.2. The van der Waals surface area contributed by atoms with Crippen molar-refractivity contribution in [3.63, 3.8) is 0 Å². The van der Waals surface area contributed by atoms with E-state index in [0.717, 1.165) is 0 Å². The van der Waals surface area contributed by atoms with Gasteiger partial charge < -0.3 is 9.04 Å². The Hall–Kier alpha value is -1.13. The Bertz CT molecular complexity index is 980. The van der Waals surface area contributed by atoms with Crippen molar-refractivity contribution < 1.29 is 82.9 Å². The number of nitrogens with one attached hydrogen (secondary N) is 1. The first-order valence-corrected chi connectivity index (χ1v) is 12.2. The number of hydrogen-bond acceptors (Lipinski definition) is 5. The maximum atomic E-state index is 13.8. The van der Waals surface area contributed by atoms with E-state index in [1.54, 1.807) is 0 Å². The predicted molar refractivity (Wildman–Crippen MR) is 93.4 cm³/mol. The van der Waals surface area contributed by atoms with Gasteiger partial charge in [0, 0.05) is 25.1 Å². The van der Waals surface area contributed by atoms with Gasteiger partial charge in [0.2, 0.25) is 0 Å². The standard InChI is InChI=1S/C14H19F13N2O5S2/c1-29(2,7-4-8-35(30,31)32)6-3-5-28-36(33,34)14(26,27)12(21,22)10(17,18)9(15,16)11(19,20)13(23,24)25/h28H,3-8H2,1-2H3. The average Bonchev–Trinajstić information content (AvgIpc) is 2.62. The maximum absolute atomic E-state index is 13.8. The van der Waals surface area contributed by atoms with Gasteiger partial charge in [0.1, 0.15) is 0 Å². The van der Waals surface area contributed by atoms with E-state index in [9.17, 15) is 78.5 Å². The minimum atomic E-state index is -8.24. The molecule has 36 heavy (non-hydrogen) atoms. The van der Waals surface area contributed by atoms with Gasteiger partial charge in [-0.15, -0.1) is 0 Å². The summed E-state index contributed by atoms with van der Waals surface area (Å²) in [6, 6.07) is 0. The Balaban J connectivity index is 5.66. The van der Waals surface area contributed by atoms with Gasteiger partial charge in [0.25, 0.3) is 10.0 Å². The van der Waals surface area contributed by atoms with E-state index in [1.807, 2.05) is 0 Å². The third-order valence-electron chi connectivity index (χ3n) is 4.63. The molecule has 0 heterocycles. The number of sulfonamides is 1. The molecule has 218 valence electrons. The molecule has 0 aliphatic carbocycles. The minimum Gasteiger partial charge on any atom is -0.748 e. The summed E-state index contributed by atoms with van der Waals surface area (Å²) in [5.74, 6) is -33.2. The second-order valence-electron chi connectivity index (χ2n) is 8.06. The molecule has 0 aromatic carbocycles. The van der Waals surface area contributed by atoms with Crippen LogP contribution >= 0.6 is 0 Å². The Morgan fingerprint density at radius 1 is 0.667 bits per heavy atom. The smallest absolute Gasteiger partial charge is 0.460 e. The van der Waals surface area contributed by atoms with Crippen LogP contribution < -0.4 is 4.72 Å². The zero-order valence-corrected chi connectivity index (χ0v) is 19.6. The largest absolute Gasteiger partial charge is 0.748 e. The molecule has 0 amide bonds. The van der Waals surface area contributed by atoms with Crippen molar-refractivity contribution in [3.05, 3.63) is 0 Å². The number of nitrogens with zero attached hydrogens (tertiary/aromatic N) is 1. The molecule has 7 nitrogen and oxygen atoms in total. The van der Waals surface area contributed by atoms with Gasteiger partial charge in [-0.2, -0.15) is 57.1 Å². The first-order valence-electron chi connectivity index (χ1n) is 9.12. The van der Waals surface area contributed by atoms with Gasteiger partial charge in [0.15, 0.2) is 0 Å². The van der Waals surface area contributed by atoms with Crippen LogP contribution in [0.1, 0.15) is 12.8 Å². The number of halogens is 13. The van der Waals surface area contributed by atoms with Crippen molar-refractivity contribution in [2.75, 3.05) is 39.5 Å². The highest BCUT2D eigenvalue weighted by Gasteiger charge is 2.92. The van der Waals surface area contributed by atoms with Crippen LogP contribution in [0.4, 0.5) is 57.1 Å². The number of quaternary nitrogens is 1. The molecule has 0 radical (unpaired) electrons. The van der Waals surface area contributed by atoms with Crippen LogP contribution in [0.3, 0.4) is 0 Å². The molecule has 0 fully saturated rings. The van der Waals surface area contributed by atoms with E-state index < -0.39 is 74.0 Å². The van der Waals surface area contributed by atoms with Gasteiger partial charge in [-0.05, 0) is 0 Å². The third kappa shape index (κ3) is 6.84. The molecule has 0 rings (SSSR count). The molecule has 0 saturated carbocycles. The normalized spacial score (nSPS) is 15.9. The van der Waals surface area contributed by atoms with Crippen LogP contribution in [0.15, 0.2) is 0 Å². The van der Waals surface area contributed by atoms with Gasteiger partial charge in [-0.3, -0.25) is 0 Å². The lowest BCUT2D eigenvalue weighted by Gasteiger charge is -2.39. The SMILES string of the molecule is C[N+](C)(CCCNS(=O)(=O)C(F)(F)C(F)(F)C(F)(F)C(F)(F)C(F)(F)C(F)(F)F)CCCS(=O)(=O)[O-]. The van der Waals surface area contributed by atoms with Crippen molar-refractivity contribution in [2.45, 2.75) is 48.0 Å². The van der Waals surface area contributed by atoms with E-state index in [1.165, 1.54) is 14.1 Å². The topological polar surface area (TPSA) is 103 Å². The number of alkyl halides is 13. The number of hydrogen-bond donors (Lipinski definition) is 1. The lowest BCUT2D eigenvalue weighted by Crippen LogP contribution is -2.71. The summed E-state index contributed by atoms with van der Waals surface area (Å²) >= 11 is 0. The van der Waals surface area contributed by atoms with E-state index >= 15 is 0 Å². The fraction of sp³-hybridized carbons (Fsp3) is 1.00. The van der Waals surface area contributed by atoms with Crippen molar-refractivity contribution in [1.29, 1.82) is 0 Å². The second-order valence-corrected chi connectivity index (χ2v) is 11.4. The summed E-state index contributed by atoms with van der Waals surface area (Å²) in [7, 11) is -9.00. The highest BCUT2D eigenvalue weighted by Crippen LogP contribution is 2.60. The molecule has 0 atom stereocenters. The summed E-state index contributed by atoms with van der Waals surface area (Å²) < 4.78 is 225. The molecule has 0 aromatic rings. The first-order chi connectivity index (χ1) is 15.4. The second kappa shape index (κ2) is 10.2. The first kappa shape index (κ1) is 34.9. The Morgan fingerprint density at radius 2 is 1.06 bits per heavy atom. The van der Waals surface area contributed by atoms with Gasteiger partial charge in [-0.25, -0.2) is 21.6 Å². The summed E-state index contributed by atoms with van der Waals surface area (Å²) in [5.41, 5.74) is 0. The lowest BCUT2D eigenvalue weighted by molar-refractivity contribution is -0.890. The molecule has 0 aliphatic heterocycles. The molecule has 0 aromatic heterocycles. The van der Waals surface area contributed by atoms with Crippen LogP contribution in [0, 0.1) is 0 Å². The van der Waals surface area contributed by atoms with Crippen molar-refractivity contribution in [1.82, 2.24) is 4.72 Å². The van der Waals surface area contributed by atoms with Crippen molar-refractivity contribution in [3.8, 4) is 0 Å². The molecule has 0 saturated heterocycles. The summed E-state index contributed by atoms with van der Waals surface area (Å²) in [6.45, 7) is -1.59. The van der Waals surface area contributed by atoms with E-state index in [2.05, 4.69) is 0 Å². The third-order valence-corrected chi connectivity index (χ3v) is 6.94. The average molecular weight is 606 g/mol. The van der Waals surface area contributed by atoms with E-state index in [-0.39, 0.29) is 24.0 Å². The Kier molecular flexibility index (Phi) is 9.89. The zero-order chi connectivity index (χ0) is 29.4. The van der Waals surface area contributed by atoms with Crippen LogP contribution in [-0.4, -0.2) is 100 Å². The van der Waals surface area contributed by atoms with Gasteiger partial charge >= 0.3 is 35.1 Å². The molecule has 0 bridgehead atoms. The zero-order valence-electron chi connectivity index (χ0n) is 18.0. The molecular formula is C14H19F13N2O5S2. The van der Waals surface area contributed by atoms with E-state index in [0.29, 0.717) is 4.72 Å². The lowest BCUT2D eigenvalue weighted by atomic mass is 9.98. The number of rotatable bonds is 14. The van der Waals surface area contributed by atoms with Crippen LogP contribution in [0.25, 0.3) is 0 Å². The fourth-order valence-corrected chi connectivity index (χ4v) is 4.05. The fourth-order valence-electron chi connectivity index (χ4n) is 2.51. The van der Waals surface area contributed by atoms with Crippen molar-refractivity contribution in [2.24, 2.45) is 0 Å². The minimum absolute atomic E-state index is 0.0722. The van der Waals surface area contributed by atoms with Gasteiger partial charge in [0.05, 0.1) is 37.3 Å². The van der Waals surface area contributed by atoms with E-state index in [4.69, 9.17) is 0 Å². The van der Waals surface area contributed by atoms with Crippen LogP contribution in [0.5, 0.6) is 0 Å². The quantitative estimate of drug-likeness (QED) is 0.142. The molecule has 0 aliphatic rings. The molecule has 22 heteroatoms. The predicted octanol–water partition coefficient (Wildman–Crippen LogP) is 3.00. The summed E-state index contributed by atoms with van der Waals surface area (Å²) in [4.78, 5) is 0. The van der Waals surface area contributed by atoms with Crippen LogP contribution in [-0.2, 0) is 20.1 Å². The van der Waals surface area contributed by atoms with Crippen LogP contribution in [0.2, 0.25) is 0 Å². The molecule has 0 spiro atoms. The molecule has 1 N–H and O–H groups in total. The van der Waals surface area contributed by atoms with Crippen molar-refractivity contribution >= 4 is 20.1 Å². The monoisotopic (exact) mass is 606 g/mol. The molecule has 0 unspecified atom stereocenters.